The number of nitrogens with zero attached hydrogens (tertiary/aromatic N) is 4. The summed E-state index contributed by atoms with van der Waals surface area (Å²) in [6.07, 6.45) is 3.83. The van der Waals surface area contributed by atoms with Crippen molar-refractivity contribution in [2.45, 2.75) is 45.6 Å². The van der Waals surface area contributed by atoms with Gasteiger partial charge in [0.25, 0.3) is 5.91 Å². The first kappa shape index (κ1) is 14.2. The molecule has 0 radical (unpaired) electrons. The van der Waals surface area contributed by atoms with Crippen molar-refractivity contribution < 1.29 is 9.42 Å². The molecule has 1 saturated heterocycles. The quantitative estimate of drug-likeness (QED) is 0.868. The molecule has 0 spiro atoms. The molecule has 2 aromatic heterocycles. The van der Waals surface area contributed by atoms with E-state index in [0.29, 0.717) is 5.69 Å². The zero-order valence-corrected chi connectivity index (χ0v) is 13.0. The molecule has 1 aliphatic heterocycles. The summed E-state index contributed by atoms with van der Waals surface area (Å²) in [4.78, 5) is 19.0. The highest BCUT2D eigenvalue weighted by atomic mass is 32.1. The molecule has 1 unspecified atom stereocenters. The van der Waals surface area contributed by atoms with Crippen LogP contribution in [-0.2, 0) is 6.42 Å². The van der Waals surface area contributed by atoms with Crippen LogP contribution in [-0.4, -0.2) is 32.6 Å². The van der Waals surface area contributed by atoms with Crippen molar-refractivity contribution in [2.24, 2.45) is 0 Å². The van der Waals surface area contributed by atoms with Crippen LogP contribution in [0, 0.1) is 6.92 Å². The summed E-state index contributed by atoms with van der Waals surface area (Å²) < 4.78 is 4.78. The van der Waals surface area contributed by atoms with Gasteiger partial charge < -0.3 is 4.90 Å². The smallest absolute Gasteiger partial charge is 0.273 e. The van der Waals surface area contributed by atoms with E-state index in [9.17, 15) is 4.79 Å². The van der Waals surface area contributed by atoms with Gasteiger partial charge in [0.2, 0.25) is 0 Å². The number of carbonyl (C=O) groups is 1. The Bertz CT molecular complexity index is 636. The predicted molar refractivity (Wildman–Crippen MR) is 78.2 cm³/mol. The number of carbonyl (C=O) groups excluding carboxylic acids is 1. The van der Waals surface area contributed by atoms with Crippen LogP contribution in [0.15, 0.2) is 10.0 Å². The van der Waals surface area contributed by atoms with E-state index in [0.717, 1.165) is 48.6 Å². The van der Waals surface area contributed by atoms with Gasteiger partial charge in [-0.05, 0) is 32.6 Å². The highest BCUT2D eigenvalue weighted by molar-refractivity contribution is 7.09. The van der Waals surface area contributed by atoms with Crippen LogP contribution in [0.25, 0.3) is 0 Å². The maximum atomic E-state index is 12.7. The van der Waals surface area contributed by atoms with Gasteiger partial charge in [0.1, 0.15) is 17.1 Å². The van der Waals surface area contributed by atoms with Gasteiger partial charge in [-0.25, -0.2) is 9.61 Å². The molecule has 1 atom stereocenters. The maximum Gasteiger partial charge on any atom is 0.273 e. The van der Waals surface area contributed by atoms with E-state index in [1.165, 1.54) is 0 Å². The third kappa shape index (κ3) is 2.70. The number of likely N-dealkylation sites (tertiary alicyclic amines) is 1. The zero-order chi connectivity index (χ0) is 14.8. The molecule has 0 aliphatic carbocycles. The topological polar surface area (TPSA) is 72.1 Å². The Hall–Kier alpha value is -1.76. The van der Waals surface area contributed by atoms with Crippen molar-refractivity contribution in [2.75, 3.05) is 6.54 Å². The summed E-state index contributed by atoms with van der Waals surface area (Å²) in [5.74, 6) is -0.0153. The first-order valence-electron chi connectivity index (χ1n) is 7.25. The second-order valence-electron chi connectivity index (χ2n) is 5.27. The van der Waals surface area contributed by atoms with Crippen LogP contribution < -0.4 is 0 Å². The number of aromatic nitrogens is 3. The van der Waals surface area contributed by atoms with Gasteiger partial charge in [-0.3, -0.25) is 4.79 Å². The molecule has 112 valence electrons. The number of amides is 1. The number of rotatable bonds is 4. The number of hydrogen-bond acceptors (Lipinski definition) is 6. The van der Waals surface area contributed by atoms with Crippen molar-refractivity contribution >= 4 is 17.2 Å². The zero-order valence-electron chi connectivity index (χ0n) is 12.2. The van der Waals surface area contributed by atoms with Crippen molar-refractivity contribution in [3.8, 4) is 0 Å². The third-order valence-electron chi connectivity index (χ3n) is 3.75. The van der Waals surface area contributed by atoms with Crippen LogP contribution in [0.1, 0.15) is 59.1 Å². The van der Waals surface area contributed by atoms with Crippen LogP contribution in [0.2, 0.25) is 0 Å². The highest BCUT2D eigenvalue weighted by Crippen LogP contribution is 2.33. The lowest BCUT2D eigenvalue weighted by Crippen LogP contribution is -2.31. The summed E-state index contributed by atoms with van der Waals surface area (Å²) in [6, 6.07) is -0.0416. The van der Waals surface area contributed by atoms with E-state index >= 15 is 0 Å². The highest BCUT2D eigenvalue weighted by Gasteiger charge is 2.34. The van der Waals surface area contributed by atoms with E-state index < -0.39 is 0 Å². The summed E-state index contributed by atoms with van der Waals surface area (Å²) in [5, 5.41) is 10.7. The Labute approximate surface area is 127 Å². The lowest BCUT2D eigenvalue weighted by atomic mass is 10.1. The summed E-state index contributed by atoms with van der Waals surface area (Å²) >= 11 is 1.56. The molecule has 6 nitrogen and oxygen atoms in total. The Kier molecular flexibility index (Phi) is 4.01. The first-order valence-corrected chi connectivity index (χ1v) is 8.13. The molecule has 1 amide bonds. The number of aryl methyl sites for hydroxylation is 2. The number of thiazole rings is 1. The molecule has 21 heavy (non-hydrogen) atoms. The van der Waals surface area contributed by atoms with Crippen LogP contribution in [0.4, 0.5) is 0 Å². The van der Waals surface area contributed by atoms with Gasteiger partial charge in [0.05, 0.1) is 11.0 Å². The molecule has 2 aromatic rings. The Morgan fingerprint density at radius 2 is 2.38 bits per heavy atom. The molecule has 1 fully saturated rings. The molecule has 0 N–H and O–H groups in total. The molecule has 0 aromatic carbocycles. The lowest BCUT2D eigenvalue weighted by Gasteiger charge is -2.22. The molecule has 0 saturated carbocycles. The largest absolute Gasteiger partial charge is 0.328 e. The minimum atomic E-state index is -0.0416. The van der Waals surface area contributed by atoms with Crippen molar-refractivity contribution in [1.82, 2.24) is 20.2 Å². The van der Waals surface area contributed by atoms with Crippen LogP contribution >= 0.6 is 11.3 Å². The maximum absolute atomic E-state index is 12.7. The standard InChI is InChI=1S/C14H18N4O2S/c1-3-5-12-15-10(8-21-12)14(19)18-7-4-6-11(18)13-9(2)16-20-17-13/h8,11H,3-7H2,1-2H3. The molecule has 3 heterocycles. The fourth-order valence-corrected chi connectivity index (χ4v) is 3.59. The lowest BCUT2D eigenvalue weighted by molar-refractivity contribution is 0.0725. The monoisotopic (exact) mass is 306 g/mol. The van der Waals surface area contributed by atoms with Crippen LogP contribution in [0.5, 0.6) is 0 Å². The SMILES string of the molecule is CCCc1nc(C(=O)N2CCCC2c2nonc2C)cs1. The van der Waals surface area contributed by atoms with Crippen molar-refractivity contribution in [1.29, 1.82) is 0 Å². The summed E-state index contributed by atoms with van der Waals surface area (Å²) in [7, 11) is 0. The Morgan fingerprint density at radius 3 is 3.10 bits per heavy atom. The van der Waals surface area contributed by atoms with Gasteiger partial charge in [-0.15, -0.1) is 11.3 Å². The third-order valence-corrected chi connectivity index (χ3v) is 4.66. The molecule has 1 aliphatic rings. The van der Waals surface area contributed by atoms with E-state index in [-0.39, 0.29) is 11.9 Å². The summed E-state index contributed by atoms with van der Waals surface area (Å²) in [5.41, 5.74) is 2.07. The normalized spacial score (nSPS) is 18.4. The van der Waals surface area contributed by atoms with Gasteiger partial charge in [-0.1, -0.05) is 17.2 Å². The Morgan fingerprint density at radius 1 is 1.52 bits per heavy atom. The van der Waals surface area contributed by atoms with Gasteiger partial charge in [0, 0.05) is 11.9 Å². The second kappa shape index (κ2) is 5.93. The predicted octanol–water partition coefficient (Wildman–Crippen LogP) is 2.76. The van der Waals surface area contributed by atoms with Gasteiger partial charge >= 0.3 is 0 Å². The molecular formula is C14H18N4O2S. The summed E-state index contributed by atoms with van der Waals surface area (Å²) in [6.45, 7) is 4.70. The fourth-order valence-electron chi connectivity index (χ4n) is 2.72. The minimum absolute atomic E-state index is 0.0153. The molecule has 0 bridgehead atoms. The van der Waals surface area contributed by atoms with E-state index in [4.69, 9.17) is 4.63 Å². The van der Waals surface area contributed by atoms with Crippen LogP contribution in [0.3, 0.4) is 0 Å². The van der Waals surface area contributed by atoms with E-state index in [1.54, 1.807) is 11.3 Å². The average molecular weight is 306 g/mol. The van der Waals surface area contributed by atoms with E-state index in [2.05, 4.69) is 22.2 Å². The van der Waals surface area contributed by atoms with Crippen molar-refractivity contribution in [3.05, 3.63) is 27.5 Å². The van der Waals surface area contributed by atoms with Gasteiger partial charge in [0.15, 0.2) is 0 Å². The minimum Gasteiger partial charge on any atom is -0.328 e. The number of hydrogen-bond donors (Lipinski definition) is 0. The molecule has 3 rings (SSSR count). The average Bonchev–Trinajstić information content (AvgIpc) is 3.17. The first-order chi connectivity index (χ1) is 10.2. The van der Waals surface area contributed by atoms with Gasteiger partial charge in [-0.2, -0.15) is 0 Å². The van der Waals surface area contributed by atoms with Crippen molar-refractivity contribution in [3.63, 3.8) is 0 Å². The van der Waals surface area contributed by atoms with E-state index in [1.807, 2.05) is 17.2 Å². The molecule has 7 heteroatoms. The fraction of sp³-hybridized carbons (Fsp3) is 0.571. The molecular weight excluding hydrogens is 288 g/mol. The second-order valence-corrected chi connectivity index (χ2v) is 6.21. The Balaban J connectivity index is 1.81.